The summed E-state index contributed by atoms with van der Waals surface area (Å²) in [5.74, 6) is -2.06. The van der Waals surface area contributed by atoms with E-state index >= 15 is 0 Å². The Balaban J connectivity index is 1.93. The van der Waals surface area contributed by atoms with Crippen molar-refractivity contribution in [2.45, 2.75) is 26.9 Å². The molecule has 0 unspecified atom stereocenters. The van der Waals surface area contributed by atoms with Crippen molar-refractivity contribution in [2.75, 3.05) is 19.0 Å². The number of rotatable bonds is 8. The van der Waals surface area contributed by atoms with Gasteiger partial charge in [-0.05, 0) is 44.0 Å². The van der Waals surface area contributed by atoms with Crippen LogP contribution in [0.3, 0.4) is 0 Å². The lowest BCUT2D eigenvalue weighted by atomic mass is 10.1. The second-order valence-electron chi connectivity index (χ2n) is 6.72. The number of aryl methyl sites for hydroxylation is 2. The Bertz CT molecular complexity index is 1000. The van der Waals surface area contributed by atoms with Gasteiger partial charge in [-0.3, -0.25) is 19.7 Å². The predicted molar refractivity (Wildman–Crippen MR) is 112 cm³/mol. The zero-order valence-electron chi connectivity index (χ0n) is 17.6. The Morgan fingerprint density at radius 1 is 1.13 bits per heavy atom. The fourth-order valence-corrected chi connectivity index (χ4v) is 2.75. The molecule has 2 amide bonds. The summed E-state index contributed by atoms with van der Waals surface area (Å²) in [5.41, 5.74) is 1.92. The number of carbonyl (C=O) groups excluding carboxylic acids is 3. The minimum atomic E-state index is -1.22. The fourth-order valence-electron chi connectivity index (χ4n) is 2.75. The predicted octanol–water partition coefficient (Wildman–Crippen LogP) is 2.52. The van der Waals surface area contributed by atoms with Crippen molar-refractivity contribution in [1.82, 2.24) is 5.32 Å². The maximum atomic E-state index is 12.2. The molecular weight excluding hydrogens is 406 g/mol. The van der Waals surface area contributed by atoms with E-state index in [4.69, 9.17) is 9.47 Å². The van der Waals surface area contributed by atoms with Gasteiger partial charge in [-0.2, -0.15) is 0 Å². The molecule has 0 bridgehead atoms. The molecule has 2 aromatic carbocycles. The van der Waals surface area contributed by atoms with Gasteiger partial charge in [0, 0.05) is 11.8 Å². The van der Waals surface area contributed by atoms with E-state index in [0.717, 1.165) is 17.2 Å². The van der Waals surface area contributed by atoms with E-state index in [2.05, 4.69) is 10.6 Å². The van der Waals surface area contributed by atoms with Gasteiger partial charge in [-0.15, -0.1) is 0 Å². The molecule has 31 heavy (non-hydrogen) atoms. The van der Waals surface area contributed by atoms with Crippen LogP contribution < -0.4 is 15.4 Å². The van der Waals surface area contributed by atoms with Gasteiger partial charge < -0.3 is 20.1 Å². The summed E-state index contributed by atoms with van der Waals surface area (Å²) in [6, 6.07) is 9.13. The molecule has 0 aliphatic rings. The van der Waals surface area contributed by atoms with Gasteiger partial charge in [0.25, 0.3) is 5.91 Å². The summed E-state index contributed by atoms with van der Waals surface area (Å²) < 4.78 is 9.93. The van der Waals surface area contributed by atoms with Crippen LogP contribution in [-0.4, -0.2) is 42.5 Å². The molecule has 0 spiro atoms. The summed E-state index contributed by atoms with van der Waals surface area (Å²) in [5, 5.41) is 16.2. The first kappa shape index (κ1) is 23.3. The van der Waals surface area contributed by atoms with Gasteiger partial charge in [-0.1, -0.05) is 18.2 Å². The van der Waals surface area contributed by atoms with Crippen LogP contribution in [0.5, 0.6) is 5.75 Å². The third-order valence-corrected chi connectivity index (χ3v) is 4.43. The van der Waals surface area contributed by atoms with Gasteiger partial charge >= 0.3 is 11.7 Å². The Labute approximate surface area is 178 Å². The smallest absolute Gasteiger partial charge is 0.339 e. The molecule has 0 aliphatic heterocycles. The second-order valence-corrected chi connectivity index (χ2v) is 6.72. The van der Waals surface area contributed by atoms with E-state index in [-0.39, 0.29) is 17.9 Å². The molecule has 2 rings (SSSR count). The Morgan fingerprint density at radius 3 is 2.35 bits per heavy atom. The van der Waals surface area contributed by atoms with E-state index in [9.17, 15) is 24.5 Å². The van der Waals surface area contributed by atoms with E-state index in [1.807, 2.05) is 32.0 Å². The van der Waals surface area contributed by atoms with Crippen molar-refractivity contribution < 1.29 is 28.8 Å². The molecule has 164 valence electrons. The number of methoxy groups -OCH3 is 1. The summed E-state index contributed by atoms with van der Waals surface area (Å²) >= 11 is 0. The Kier molecular flexibility index (Phi) is 7.67. The first-order valence-electron chi connectivity index (χ1n) is 9.31. The summed E-state index contributed by atoms with van der Waals surface area (Å²) in [4.78, 5) is 46.9. The fraction of sp³-hybridized carbons (Fsp3) is 0.286. The highest BCUT2D eigenvalue weighted by Crippen LogP contribution is 2.27. The number of ether oxygens (including phenoxy) is 2. The summed E-state index contributed by atoms with van der Waals surface area (Å²) in [7, 11) is 1.27. The highest BCUT2D eigenvalue weighted by atomic mass is 16.6. The Hall–Kier alpha value is -3.95. The number of carbonyl (C=O) groups is 3. The third-order valence-electron chi connectivity index (χ3n) is 4.43. The molecule has 10 heteroatoms. The highest BCUT2D eigenvalue weighted by Gasteiger charge is 2.23. The first-order valence-corrected chi connectivity index (χ1v) is 9.31. The van der Waals surface area contributed by atoms with Gasteiger partial charge in [0.15, 0.2) is 11.9 Å². The second kappa shape index (κ2) is 10.2. The van der Waals surface area contributed by atoms with Crippen LogP contribution in [0.25, 0.3) is 0 Å². The molecule has 10 nitrogen and oxygen atoms in total. The monoisotopic (exact) mass is 429 g/mol. The van der Waals surface area contributed by atoms with Gasteiger partial charge in [0.1, 0.15) is 0 Å². The minimum Gasteiger partial charge on any atom is -0.490 e. The zero-order valence-corrected chi connectivity index (χ0v) is 17.6. The minimum absolute atomic E-state index is 0.0118. The molecule has 0 heterocycles. The van der Waals surface area contributed by atoms with Crippen LogP contribution in [0.1, 0.15) is 28.4 Å². The average Bonchev–Trinajstić information content (AvgIpc) is 2.73. The number of nitro benzene ring substituents is 1. The molecule has 0 saturated heterocycles. The van der Waals surface area contributed by atoms with Crippen LogP contribution in [0.15, 0.2) is 36.4 Å². The summed E-state index contributed by atoms with van der Waals surface area (Å²) in [6.45, 7) is 4.72. The van der Waals surface area contributed by atoms with Crippen molar-refractivity contribution >= 4 is 29.2 Å². The normalized spacial score (nSPS) is 11.2. The molecule has 0 radical (unpaired) electrons. The number of hydrogen-bond donors (Lipinski definition) is 2. The van der Waals surface area contributed by atoms with E-state index < -0.39 is 34.5 Å². The molecule has 2 aromatic rings. The number of esters is 1. The number of nitro groups is 1. The van der Waals surface area contributed by atoms with Crippen molar-refractivity contribution in [3.63, 3.8) is 0 Å². The lowest BCUT2D eigenvalue weighted by Crippen LogP contribution is -2.40. The molecule has 0 aromatic heterocycles. The molecule has 0 aliphatic carbocycles. The maximum absolute atomic E-state index is 12.2. The first-order chi connectivity index (χ1) is 14.6. The van der Waals surface area contributed by atoms with Crippen LogP contribution >= 0.6 is 0 Å². The lowest BCUT2D eigenvalue weighted by Gasteiger charge is -2.15. The van der Waals surface area contributed by atoms with E-state index in [1.54, 1.807) is 0 Å². The van der Waals surface area contributed by atoms with E-state index in [0.29, 0.717) is 5.69 Å². The number of para-hydroxylation sites is 1. The van der Waals surface area contributed by atoms with Gasteiger partial charge in [-0.25, -0.2) is 4.79 Å². The van der Waals surface area contributed by atoms with Crippen LogP contribution in [0.4, 0.5) is 11.4 Å². The van der Waals surface area contributed by atoms with Gasteiger partial charge in [0.2, 0.25) is 5.91 Å². The number of anilines is 1. The quantitative estimate of drug-likeness (QED) is 0.374. The van der Waals surface area contributed by atoms with Crippen LogP contribution in [-0.2, 0) is 14.3 Å². The SMILES string of the molecule is COc1ccc(C(=O)O[C@H](C)C(=O)NCC(=O)Nc2c(C)cccc2C)cc1[N+](=O)[O-]. The van der Waals surface area contributed by atoms with Crippen molar-refractivity contribution in [3.8, 4) is 5.75 Å². The van der Waals surface area contributed by atoms with Crippen molar-refractivity contribution in [2.24, 2.45) is 0 Å². The summed E-state index contributed by atoms with van der Waals surface area (Å²) in [6.07, 6.45) is -1.22. The van der Waals surface area contributed by atoms with E-state index in [1.165, 1.54) is 26.2 Å². The third kappa shape index (κ3) is 6.01. The van der Waals surface area contributed by atoms with Gasteiger partial charge in [0.05, 0.1) is 24.1 Å². The highest BCUT2D eigenvalue weighted by molar-refractivity contribution is 5.97. The standard InChI is InChI=1S/C21H23N3O7/c1-12-6-5-7-13(2)19(12)23-18(25)11-22-20(26)14(3)31-21(27)15-8-9-17(30-4)16(10-15)24(28)29/h5-10,14H,11H2,1-4H3,(H,22,26)(H,23,25)/t14-/m1/s1. The molecule has 2 N–H and O–H groups in total. The zero-order chi connectivity index (χ0) is 23.1. The maximum Gasteiger partial charge on any atom is 0.339 e. The topological polar surface area (TPSA) is 137 Å². The number of benzene rings is 2. The average molecular weight is 429 g/mol. The number of hydrogen-bond acceptors (Lipinski definition) is 7. The Morgan fingerprint density at radius 2 is 1.77 bits per heavy atom. The molecular formula is C21H23N3O7. The molecule has 0 fully saturated rings. The number of nitrogens with zero attached hydrogens (tertiary/aromatic N) is 1. The van der Waals surface area contributed by atoms with Crippen LogP contribution in [0.2, 0.25) is 0 Å². The number of nitrogens with one attached hydrogen (secondary N) is 2. The largest absolute Gasteiger partial charge is 0.490 e. The molecule has 0 saturated carbocycles. The number of amides is 2. The van der Waals surface area contributed by atoms with Crippen molar-refractivity contribution in [3.05, 3.63) is 63.2 Å². The van der Waals surface area contributed by atoms with Crippen LogP contribution in [0, 0.1) is 24.0 Å². The lowest BCUT2D eigenvalue weighted by molar-refractivity contribution is -0.385. The van der Waals surface area contributed by atoms with Crippen molar-refractivity contribution in [1.29, 1.82) is 0 Å². The molecule has 1 atom stereocenters.